The minimum absolute atomic E-state index is 0.00634. The third-order valence-corrected chi connectivity index (χ3v) is 3.14. The van der Waals surface area contributed by atoms with Crippen LogP contribution >= 0.6 is 0 Å². The van der Waals surface area contributed by atoms with Gasteiger partial charge >= 0.3 is 0 Å². The number of hydrogen-bond acceptors (Lipinski definition) is 2. The molecule has 1 amide bonds. The minimum atomic E-state index is -0.815. The second-order valence-electron chi connectivity index (χ2n) is 4.44. The zero-order valence-corrected chi connectivity index (χ0v) is 9.21. The molecule has 1 saturated heterocycles. The van der Waals surface area contributed by atoms with Crippen LogP contribution in [0.2, 0.25) is 0 Å². The molecule has 0 aromatic carbocycles. The first-order valence-corrected chi connectivity index (χ1v) is 5.24. The van der Waals surface area contributed by atoms with Crippen molar-refractivity contribution in [2.75, 3.05) is 13.1 Å². The van der Waals surface area contributed by atoms with Gasteiger partial charge in [-0.3, -0.25) is 4.79 Å². The topological polar surface area (TPSA) is 44.1 Å². The number of amides is 1. The highest BCUT2D eigenvalue weighted by molar-refractivity contribution is 5.85. The second kappa shape index (κ2) is 4.00. The van der Waals surface area contributed by atoms with Gasteiger partial charge in [0.15, 0.2) is 0 Å². The van der Waals surface area contributed by atoms with E-state index < -0.39 is 5.41 Å². The van der Waals surface area contributed by atoms with E-state index >= 15 is 0 Å². The Morgan fingerprint density at radius 1 is 1.71 bits per heavy atom. The molecule has 2 unspecified atom stereocenters. The Hall–Kier alpha value is -1.04. The van der Waals surface area contributed by atoms with Crippen LogP contribution in [0.5, 0.6) is 0 Å². The zero-order valence-electron chi connectivity index (χ0n) is 9.21. The van der Waals surface area contributed by atoms with Gasteiger partial charge in [0.05, 0.1) is 6.07 Å². The fraction of sp³-hybridized carbons (Fsp3) is 0.818. The van der Waals surface area contributed by atoms with Crippen molar-refractivity contribution in [2.24, 2.45) is 11.3 Å². The van der Waals surface area contributed by atoms with Crippen LogP contribution in [-0.2, 0) is 4.79 Å². The van der Waals surface area contributed by atoms with Crippen molar-refractivity contribution in [3.63, 3.8) is 0 Å². The molecule has 1 aliphatic rings. The highest BCUT2D eigenvalue weighted by Crippen LogP contribution is 2.26. The summed E-state index contributed by atoms with van der Waals surface area (Å²) in [6.45, 7) is 7.40. The summed E-state index contributed by atoms with van der Waals surface area (Å²) in [4.78, 5) is 13.8. The molecule has 0 radical (unpaired) electrons. The first-order valence-electron chi connectivity index (χ1n) is 5.24. The lowest BCUT2D eigenvalue weighted by atomic mass is 9.88. The van der Waals surface area contributed by atoms with Gasteiger partial charge in [0.25, 0.3) is 0 Å². The molecule has 1 fully saturated rings. The number of carbonyl (C=O) groups is 1. The Morgan fingerprint density at radius 3 is 2.71 bits per heavy atom. The summed E-state index contributed by atoms with van der Waals surface area (Å²) in [5.41, 5.74) is -0.815. The normalized spacial score (nSPS) is 25.6. The molecule has 0 aromatic heterocycles. The molecule has 14 heavy (non-hydrogen) atoms. The summed E-state index contributed by atoms with van der Waals surface area (Å²) in [6.07, 6.45) is 1.66. The Kier molecular flexibility index (Phi) is 3.15. The van der Waals surface area contributed by atoms with E-state index in [0.29, 0.717) is 12.3 Å². The lowest BCUT2D eigenvalue weighted by Gasteiger charge is -2.25. The van der Waals surface area contributed by atoms with Gasteiger partial charge in [-0.15, -0.1) is 0 Å². The van der Waals surface area contributed by atoms with Crippen LogP contribution in [0.4, 0.5) is 0 Å². The van der Waals surface area contributed by atoms with E-state index in [2.05, 4.69) is 13.0 Å². The van der Waals surface area contributed by atoms with E-state index in [4.69, 9.17) is 5.26 Å². The van der Waals surface area contributed by atoms with Crippen molar-refractivity contribution >= 4 is 5.91 Å². The van der Waals surface area contributed by atoms with Crippen LogP contribution in [-0.4, -0.2) is 23.9 Å². The second-order valence-corrected chi connectivity index (χ2v) is 4.44. The first kappa shape index (κ1) is 11.0. The van der Waals surface area contributed by atoms with Crippen molar-refractivity contribution in [3.05, 3.63) is 0 Å². The fourth-order valence-electron chi connectivity index (χ4n) is 1.75. The van der Waals surface area contributed by atoms with Crippen LogP contribution in [0, 0.1) is 22.7 Å². The summed E-state index contributed by atoms with van der Waals surface area (Å²) < 4.78 is 0. The first-order chi connectivity index (χ1) is 6.53. The van der Waals surface area contributed by atoms with Crippen molar-refractivity contribution in [1.82, 2.24) is 4.90 Å². The Balaban J connectivity index is 2.70. The van der Waals surface area contributed by atoms with E-state index in [1.54, 1.807) is 6.92 Å². The van der Waals surface area contributed by atoms with E-state index in [1.165, 1.54) is 0 Å². The molecule has 78 valence electrons. The SMILES string of the molecule is CCC(C)(C#N)C(=O)N1CCC(C)C1. The summed E-state index contributed by atoms with van der Waals surface area (Å²) >= 11 is 0. The maximum Gasteiger partial charge on any atom is 0.242 e. The Morgan fingerprint density at radius 2 is 2.36 bits per heavy atom. The van der Waals surface area contributed by atoms with Gasteiger partial charge in [-0.05, 0) is 25.7 Å². The van der Waals surface area contributed by atoms with Crippen molar-refractivity contribution in [3.8, 4) is 6.07 Å². The van der Waals surface area contributed by atoms with Crippen molar-refractivity contribution in [1.29, 1.82) is 5.26 Å². The van der Waals surface area contributed by atoms with Crippen LogP contribution in [0.25, 0.3) is 0 Å². The van der Waals surface area contributed by atoms with Crippen LogP contribution in [0.3, 0.4) is 0 Å². The molecule has 1 heterocycles. The predicted octanol–water partition coefficient (Wildman–Crippen LogP) is 1.79. The van der Waals surface area contributed by atoms with E-state index in [-0.39, 0.29) is 5.91 Å². The predicted molar refractivity (Wildman–Crippen MR) is 54.4 cm³/mol. The van der Waals surface area contributed by atoms with Crippen LogP contribution < -0.4 is 0 Å². The van der Waals surface area contributed by atoms with Gasteiger partial charge in [-0.2, -0.15) is 5.26 Å². The van der Waals surface area contributed by atoms with Gasteiger partial charge in [-0.1, -0.05) is 13.8 Å². The molecule has 1 rings (SSSR count). The smallest absolute Gasteiger partial charge is 0.242 e. The highest BCUT2D eigenvalue weighted by atomic mass is 16.2. The van der Waals surface area contributed by atoms with Crippen molar-refractivity contribution < 1.29 is 4.79 Å². The van der Waals surface area contributed by atoms with E-state index in [9.17, 15) is 4.79 Å². The number of carbonyl (C=O) groups excluding carboxylic acids is 1. The fourth-order valence-corrected chi connectivity index (χ4v) is 1.75. The minimum Gasteiger partial charge on any atom is -0.341 e. The lowest BCUT2D eigenvalue weighted by Crippen LogP contribution is -2.40. The maximum absolute atomic E-state index is 12.0. The third-order valence-electron chi connectivity index (χ3n) is 3.14. The van der Waals surface area contributed by atoms with E-state index in [0.717, 1.165) is 19.5 Å². The lowest BCUT2D eigenvalue weighted by molar-refractivity contribution is -0.137. The number of nitrogens with zero attached hydrogens (tertiary/aromatic N) is 2. The van der Waals surface area contributed by atoms with Gasteiger partial charge in [0.2, 0.25) is 5.91 Å². The third kappa shape index (κ3) is 1.89. The maximum atomic E-state index is 12.0. The summed E-state index contributed by atoms with van der Waals surface area (Å²) in [5.74, 6) is 0.589. The number of rotatable bonds is 2. The molecular formula is C11H18N2O. The molecule has 0 saturated carbocycles. The van der Waals surface area contributed by atoms with Crippen molar-refractivity contribution in [2.45, 2.75) is 33.6 Å². The highest BCUT2D eigenvalue weighted by Gasteiger charge is 2.37. The largest absolute Gasteiger partial charge is 0.341 e. The molecule has 3 nitrogen and oxygen atoms in total. The average molecular weight is 194 g/mol. The van der Waals surface area contributed by atoms with Gasteiger partial charge in [0, 0.05) is 13.1 Å². The molecule has 0 bridgehead atoms. The summed E-state index contributed by atoms with van der Waals surface area (Å²) in [7, 11) is 0. The molecule has 0 N–H and O–H groups in total. The quantitative estimate of drug-likeness (QED) is 0.672. The molecule has 3 heteroatoms. The number of likely N-dealkylation sites (tertiary alicyclic amines) is 1. The molecule has 0 aromatic rings. The summed E-state index contributed by atoms with van der Waals surface area (Å²) in [6, 6.07) is 2.13. The molecular weight excluding hydrogens is 176 g/mol. The standard InChI is InChI=1S/C11H18N2O/c1-4-11(3,8-12)10(14)13-6-5-9(2)7-13/h9H,4-7H2,1-3H3. The molecule has 2 atom stereocenters. The molecule has 0 aliphatic carbocycles. The van der Waals surface area contributed by atoms with Crippen LogP contribution in [0.1, 0.15) is 33.6 Å². The summed E-state index contributed by atoms with van der Waals surface area (Å²) in [5, 5.41) is 8.98. The molecule has 1 aliphatic heterocycles. The Labute approximate surface area is 85.7 Å². The van der Waals surface area contributed by atoms with Gasteiger partial charge in [-0.25, -0.2) is 0 Å². The zero-order chi connectivity index (χ0) is 10.8. The Bertz CT molecular complexity index is 269. The monoisotopic (exact) mass is 194 g/mol. The van der Waals surface area contributed by atoms with E-state index in [1.807, 2.05) is 11.8 Å². The van der Waals surface area contributed by atoms with Gasteiger partial charge in [0.1, 0.15) is 5.41 Å². The number of hydrogen-bond donors (Lipinski definition) is 0. The average Bonchev–Trinajstić information content (AvgIpc) is 2.62. The molecule has 0 spiro atoms. The van der Waals surface area contributed by atoms with Crippen LogP contribution in [0.15, 0.2) is 0 Å². The van der Waals surface area contributed by atoms with Gasteiger partial charge < -0.3 is 4.90 Å². The number of nitriles is 1.